The highest BCUT2D eigenvalue weighted by Gasteiger charge is 2.42. The monoisotopic (exact) mass is 218 g/mol. The second-order valence-corrected chi connectivity index (χ2v) is 3.60. The summed E-state index contributed by atoms with van der Waals surface area (Å²) in [5.41, 5.74) is -2.26. The molecule has 2 N–H and O–H groups in total. The van der Waals surface area contributed by atoms with Crippen molar-refractivity contribution in [3.8, 4) is 0 Å². The lowest BCUT2D eigenvalue weighted by Crippen LogP contribution is -2.49. The Morgan fingerprint density at radius 3 is 2.40 bits per heavy atom. The Morgan fingerprint density at radius 1 is 1.47 bits per heavy atom. The molecule has 15 heavy (non-hydrogen) atoms. The van der Waals surface area contributed by atoms with Gasteiger partial charge in [0.1, 0.15) is 6.10 Å². The maximum Gasteiger partial charge on any atom is 0.345 e. The summed E-state index contributed by atoms with van der Waals surface area (Å²) in [7, 11) is 0. The summed E-state index contributed by atoms with van der Waals surface area (Å²) in [6.45, 7) is 4.30. The number of hydrogen-bond acceptors (Lipinski definition) is 5. The van der Waals surface area contributed by atoms with E-state index in [0.717, 1.165) is 13.3 Å². The number of carbonyl (C=O) groups is 2. The first-order valence-electron chi connectivity index (χ1n) is 4.96. The minimum Gasteiger partial charge on any atom is -0.463 e. The topological polar surface area (TPSA) is 83.8 Å². The predicted molar refractivity (Wildman–Crippen MR) is 53.2 cm³/mol. The van der Waals surface area contributed by atoms with Gasteiger partial charge < -0.3 is 14.9 Å². The van der Waals surface area contributed by atoms with Crippen LogP contribution in [0.2, 0.25) is 0 Å². The fourth-order valence-electron chi connectivity index (χ4n) is 0.957. The Bertz CT molecular complexity index is 232. The van der Waals surface area contributed by atoms with Gasteiger partial charge in [-0.2, -0.15) is 0 Å². The lowest BCUT2D eigenvalue weighted by molar-refractivity contribution is -0.171. The van der Waals surface area contributed by atoms with Crippen LogP contribution in [0, 0.1) is 0 Å². The summed E-state index contributed by atoms with van der Waals surface area (Å²) in [4.78, 5) is 22.5. The molecule has 0 heterocycles. The first-order valence-corrected chi connectivity index (χ1v) is 4.96. The van der Waals surface area contributed by atoms with Crippen molar-refractivity contribution in [1.29, 1.82) is 0 Å². The minimum absolute atomic E-state index is 0.165. The van der Waals surface area contributed by atoms with Crippen LogP contribution in [0.15, 0.2) is 0 Å². The highest BCUT2D eigenvalue weighted by molar-refractivity contribution is 6.08. The molecular weight excluding hydrogens is 200 g/mol. The molecule has 0 unspecified atom stereocenters. The van der Waals surface area contributed by atoms with Gasteiger partial charge in [0.25, 0.3) is 0 Å². The molecule has 0 saturated carbocycles. The van der Waals surface area contributed by atoms with Crippen LogP contribution in [0.4, 0.5) is 0 Å². The number of Topliss-reactive ketones (excluding diaryl/α,β-unsaturated/α-hetero) is 1. The number of rotatable bonds is 6. The normalized spacial score (nSPS) is 16.6. The molecule has 0 saturated heterocycles. The first kappa shape index (κ1) is 14.1. The molecule has 2 atom stereocenters. The smallest absolute Gasteiger partial charge is 0.345 e. The maximum atomic E-state index is 11.3. The highest BCUT2D eigenvalue weighted by Crippen LogP contribution is 2.11. The van der Waals surface area contributed by atoms with Gasteiger partial charge in [0.15, 0.2) is 0 Å². The molecule has 0 aromatic carbocycles. The predicted octanol–water partition coefficient (Wildman–Crippen LogP) is 0.0306. The van der Waals surface area contributed by atoms with Crippen molar-refractivity contribution in [2.75, 3.05) is 6.61 Å². The lowest BCUT2D eigenvalue weighted by atomic mass is 9.98. The molecule has 0 spiro atoms. The fraction of sp³-hybridized carbons (Fsp3) is 0.800. The first-order chi connectivity index (χ1) is 6.84. The zero-order valence-electron chi connectivity index (χ0n) is 9.32. The molecule has 88 valence electrons. The van der Waals surface area contributed by atoms with Crippen LogP contribution in [0.5, 0.6) is 0 Å². The van der Waals surface area contributed by atoms with Crippen LogP contribution in [0.1, 0.15) is 33.6 Å². The molecule has 5 nitrogen and oxygen atoms in total. The highest BCUT2D eigenvalue weighted by atomic mass is 16.6. The standard InChI is InChI=1S/C10H18O5/c1-4-5-6-15-9(13)10(3,14)8(12)7(2)11/h7,11,14H,4-6H2,1-3H3/t7-,10-/m1/s1. The van der Waals surface area contributed by atoms with E-state index >= 15 is 0 Å². The molecule has 0 aliphatic heterocycles. The van der Waals surface area contributed by atoms with Crippen LogP contribution in [-0.2, 0) is 14.3 Å². The van der Waals surface area contributed by atoms with Crippen LogP contribution in [0.3, 0.4) is 0 Å². The van der Waals surface area contributed by atoms with Gasteiger partial charge in [-0.1, -0.05) is 13.3 Å². The van der Waals surface area contributed by atoms with E-state index in [1.54, 1.807) is 0 Å². The van der Waals surface area contributed by atoms with E-state index in [1.165, 1.54) is 6.92 Å². The van der Waals surface area contributed by atoms with Gasteiger partial charge >= 0.3 is 5.97 Å². The molecule has 0 aliphatic carbocycles. The molecule has 0 amide bonds. The van der Waals surface area contributed by atoms with Gasteiger partial charge in [-0.3, -0.25) is 4.79 Å². The van der Waals surface area contributed by atoms with E-state index in [2.05, 4.69) is 0 Å². The van der Waals surface area contributed by atoms with E-state index in [4.69, 9.17) is 9.84 Å². The molecule has 0 fully saturated rings. The van der Waals surface area contributed by atoms with Crippen molar-refractivity contribution in [3.05, 3.63) is 0 Å². The number of carbonyl (C=O) groups excluding carboxylic acids is 2. The van der Waals surface area contributed by atoms with E-state index in [9.17, 15) is 14.7 Å². The summed E-state index contributed by atoms with van der Waals surface area (Å²) in [5, 5.41) is 18.5. The number of esters is 1. The van der Waals surface area contributed by atoms with E-state index in [-0.39, 0.29) is 6.61 Å². The Morgan fingerprint density at radius 2 is 2.00 bits per heavy atom. The Hall–Kier alpha value is -0.940. The average Bonchev–Trinajstić information content (AvgIpc) is 2.16. The molecule has 5 heteroatoms. The number of ketones is 1. The number of hydrogen-bond donors (Lipinski definition) is 2. The minimum atomic E-state index is -2.26. The van der Waals surface area contributed by atoms with E-state index in [0.29, 0.717) is 6.42 Å². The molecule has 0 aromatic heterocycles. The summed E-state index contributed by atoms with van der Waals surface area (Å²) < 4.78 is 4.70. The number of aliphatic hydroxyl groups is 2. The summed E-state index contributed by atoms with van der Waals surface area (Å²) in [6, 6.07) is 0. The largest absolute Gasteiger partial charge is 0.463 e. The zero-order chi connectivity index (χ0) is 12.1. The molecule has 0 rings (SSSR count). The Labute approximate surface area is 89.0 Å². The van der Waals surface area contributed by atoms with Crippen LogP contribution >= 0.6 is 0 Å². The van der Waals surface area contributed by atoms with Crippen molar-refractivity contribution in [2.45, 2.75) is 45.3 Å². The third-order valence-electron chi connectivity index (χ3n) is 1.99. The fourth-order valence-corrected chi connectivity index (χ4v) is 0.957. The van der Waals surface area contributed by atoms with Gasteiger partial charge in [-0.25, -0.2) is 4.79 Å². The SMILES string of the molecule is CCCCOC(=O)[C@](C)(O)C(=O)[C@@H](C)O. The Kier molecular flexibility index (Phi) is 5.46. The van der Waals surface area contributed by atoms with Gasteiger partial charge in [0.2, 0.25) is 11.4 Å². The Balaban J connectivity index is 4.32. The third kappa shape index (κ3) is 3.97. The number of unbranched alkanes of at least 4 members (excludes halogenated alkanes) is 1. The average molecular weight is 218 g/mol. The summed E-state index contributed by atoms with van der Waals surface area (Å²) >= 11 is 0. The third-order valence-corrected chi connectivity index (χ3v) is 1.99. The van der Waals surface area contributed by atoms with E-state index in [1.807, 2.05) is 6.92 Å². The summed E-state index contributed by atoms with van der Waals surface area (Å²) in [6.07, 6.45) is 0.128. The quantitative estimate of drug-likeness (QED) is 0.373. The van der Waals surface area contributed by atoms with Crippen molar-refractivity contribution in [2.24, 2.45) is 0 Å². The molecule has 0 aromatic rings. The van der Waals surface area contributed by atoms with Crippen molar-refractivity contribution in [3.63, 3.8) is 0 Å². The van der Waals surface area contributed by atoms with Crippen molar-refractivity contribution < 1.29 is 24.5 Å². The summed E-state index contributed by atoms with van der Waals surface area (Å²) in [5.74, 6) is -1.97. The van der Waals surface area contributed by atoms with Gasteiger partial charge in [-0.05, 0) is 20.3 Å². The zero-order valence-corrected chi connectivity index (χ0v) is 9.32. The molecule has 0 radical (unpaired) electrons. The lowest BCUT2D eigenvalue weighted by Gasteiger charge is -2.21. The van der Waals surface area contributed by atoms with Crippen LogP contribution in [-0.4, -0.2) is 40.3 Å². The maximum absolute atomic E-state index is 11.3. The number of ether oxygens (including phenoxy) is 1. The van der Waals surface area contributed by atoms with E-state index < -0.39 is 23.5 Å². The van der Waals surface area contributed by atoms with Crippen LogP contribution in [0.25, 0.3) is 0 Å². The second-order valence-electron chi connectivity index (χ2n) is 3.60. The molecule has 0 aliphatic rings. The van der Waals surface area contributed by atoms with Gasteiger partial charge in [0.05, 0.1) is 6.61 Å². The van der Waals surface area contributed by atoms with Gasteiger partial charge in [0, 0.05) is 0 Å². The van der Waals surface area contributed by atoms with Crippen molar-refractivity contribution >= 4 is 11.8 Å². The van der Waals surface area contributed by atoms with Crippen molar-refractivity contribution in [1.82, 2.24) is 0 Å². The second kappa shape index (κ2) is 5.82. The van der Waals surface area contributed by atoms with Gasteiger partial charge in [-0.15, -0.1) is 0 Å². The molecular formula is C10H18O5. The van der Waals surface area contributed by atoms with Crippen LogP contribution < -0.4 is 0 Å². The molecule has 0 bridgehead atoms. The number of aliphatic hydroxyl groups excluding tert-OH is 1.